The van der Waals surface area contributed by atoms with E-state index in [2.05, 4.69) is 5.32 Å². The molecule has 126 valence electrons. The number of carbonyl (C=O) groups is 2. The van der Waals surface area contributed by atoms with Crippen LogP contribution in [0.2, 0.25) is 0 Å². The molecule has 1 unspecified atom stereocenters. The summed E-state index contributed by atoms with van der Waals surface area (Å²) in [6, 6.07) is 14.2. The quantitative estimate of drug-likeness (QED) is 0.814. The van der Waals surface area contributed by atoms with Gasteiger partial charge >= 0.3 is 0 Å². The summed E-state index contributed by atoms with van der Waals surface area (Å²) in [5.74, 6) is -0.458. The Bertz CT molecular complexity index is 716. The molecule has 0 spiro atoms. The molecule has 24 heavy (non-hydrogen) atoms. The summed E-state index contributed by atoms with van der Waals surface area (Å²) in [5.41, 5.74) is 6.48. The summed E-state index contributed by atoms with van der Waals surface area (Å²) < 4.78 is 10.6. The van der Waals surface area contributed by atoms with Crippen LogP contribution >= 0.6 is 0 Å². The number of ether oxygens (including phenoxy) is 2. The van der Waals surface area contributed by atoms with Gasteiger partial charge in [0.15, 0.2) is 18.1 Å². The average Bonchev–Trinajstić information content (AvgIpc) is 2.60. The van der Waals surface area contributed by atoms with Crippen LogP contribution in [0.4, 0.5) is 0 Å². The molecule has 0 aliphatic carbocycles. The molecular weight excluding hydrogens is 308 g/mol. The van der Waals surface area contributed by atoms with Crippen LogP contribution in [0.25, 0.3) is 0 Å². The number of benzene rings is 2. The molecule has 2 rings (SSSR count). The Morgan fingerprint density at radius 3 is 2.46 bits per heavy atom. The first kappa shape index (κ1) is 17.3. The van der Waals surface area contributed by atoms with Crippen LogP contribution < -0.4 is 20.5 Å². The maximum absolute atomic E-state index is 12.1. The van der Waals surface area contributed by atoms with E-state index in [-0.39, 0.29) is 29.9 Å². The van der Waals surface area contributed by atoms with Crippen molar-refractivity contribution in [1.29, 1.82) is 0 Å². The smallest absolute Gasteiger partial charge is 0.258 e. The number of methoxy groups -OCH3 is 1. The van der Waals surface area contributed by atoms with Gasteiger partial charge < -0.3 is 20.5 Å². The van der Waals surface area contributed by atoms with E-state index in [1.54, 1.807) is 12.1 Å². The lowest BCUT2D eigenvalue weighted by atomic mass is 10.1. The second-order valence-electron chi connectivity index (χ2n) is 5.19. The first-order valence-electron chi connectivity index (χ1n) is 7.47. The van der Waals surface area contributed by atoms with Gasteiger partial charge in [0, 0.05) is 0 Å². The highest BCUT2D eigenvalue weighted by atomic mass is 16.5. The van der Waals surface area contributed by atoms with Crippen LogP contribution in [0.1, 0.15) is 28.9 Å². The molecule has 6 nitrogen and oxygen atoms in total. The van der Waals surface area contributed by atoms with Crippen molar-refractivity contribution in [3.8, 4) is 11.5 Å². The maximum atomic E-state index is 12.1. The molecule has 0 aliphatic rings. The summed E-state index contributed by atoms with van der Waals surface area (Å²) in [5, 5.41) is 2.83. The molecule has 0 bridgehead atoms. The molecule has 1 atom stereocenters. The first-order chi connectivity index (χ1) is 11.5. The largest absolute Gasteiger partial charge is 0.493 e. The summed E-state index contributed by atoms with van der Waals surface area (Å²) in [7, 11) is 1.45. The zero-order valence-electron chi connectivity index (χ0n) is 13.6. The number of hydrogen-bond donors (Lipinski definition) is 2. The molecule has 2 aromatic rings. The van der Waals surface area contributed by atoms with Gasteiger partial charge in [-0.15, -0.1) is 0 Å². The van der Waals surface area contributed by atoms with E-state index in [4.69, 9.17) is 15.2 Å². The molecule has 2 amide bonds. The predicted molar refractivity (Wildman–Crippen MR) is 90.0 cm³/mol. The molecule has 0 fully saturated rings. The lowest BCUT2D eigenvalue weighted by Gasteiger charge is -2.16. The summed E-state index contributed by atoms with van der Waals surface area (Å²) in [6.45, 7) is 1.63. The molecule has 0 saturated heterocycles. The van der Waals surface area contributed by atoms with Crippen LogP contribution in [-0.4, -0.2) is 25.5 Å². The average molecular weight is 328 g/mol. The summed E-state index contributed by atoms with van der Waals surface area (Å²) in [4.78, 5) is 23.6. The summed E-state index contributed by atoms with van der Waals surface area (Å²) in [6.07, 6.45) is 0. The normalized spacial score (nSPS) is 11.4. The Morgan fingerprint density at radius 2 is 1.83 bits per heavy atom. The Labute approximate surface area is 140 Å². The third-order valence-corrected chi connectivity index (χ3v) is 3.49. The molecule has 0 saturated carbocycles. The van der Waals surface area contributed by atoms with Crippen molar-refractivity contribution in [2.24, 2.45) is 5.73 Å². The minimum Gasteiger partial charge on any atom is -0.493 e. The minimum absolute atomic E-state index is 0.157. The lowest BCUT2D eigenvalue weighted by molar-refractivity contribution is -0.123. The fourth-order valence-corrected chi connectivity index (χ4v) is 2.27. The van der Waals surface area contributed by atoms with Crippen LogP contribution in [0.5, 0.6) is 11.5 Å². The van der Waals surface area contributed by atoms with Gasteiger partial charge in [-0.2, -0.15) is 0 Å². The monoisotopic (exact) mass is 328 g/mol. The fourth-order valence-electron chi connectivity index (χ4n) is 2.27. The molecule has 0 aliphatic heterocycles. The minimum atomic E-state index is -0.651. The Balaban J connectivity index is 2.03. The summed E-state index contributed by atoms with van der Waals surface area (Å²) >= 11 is 0. The van der Waals surface area contributed by atoms with Crippen LogP contribution in [-0.2, 0) is 4.79 Å². The number of primary amides is 1. The molecule has 6 heteroatoms. The van der Waals surface area contributed by atoms with Crippen molar-refractivity contribution in [3.63, 3.8) is 0 Å². The zero-order valence-corrected chi connectivity index (χ0v) is 13.6. The number of rotatable bonds is 7. The number of carbonyl (C=O) groups excluding carboxylic acids is 2. The SMILES string of the molecule is COc1cccc(C(N)=O)c1OCC(=O)NC(C)c1ccccc1. The lowest BCUT2D eigenvalue weighted by Crippen LogP contribution is -2.31. The maximum Gasteiger partial charge on any atom is 0.258 e. The van der Waals surface area contributed by atoms with Gasteiger partial charge in [-0.25, -0.2) is 0 Å². The van der Waals surface area contributed by atoms with Gasteiger partial charge in [0.2, 0.25) is 0 Å². The van der Waals surface area contributed by atoms with E-state index in [0.29, 0.717) is 5.75 Å². The highest BCUT2D eigenvalue weighted by Gasteiger charge is 2.17. The second kappa shape index (κ2) is 8.01. The molecular formula is C18H20N2O4. The van der Waals surface area contributed by atoms with E-state index in [0.717, 1.165) is 5.56 Å². The molecule has 0 heterocycles. The highest BCUT2D eigenvalue weighted by molar-refractivity contribution is 5.96. The Hall–Kier alpha value is -3.02. The molecule has 0 aromatic heterocycles. The van der Waals surface area contributed by atoms with Crippen molar-refractivity contribution in [2.45, 2.75) is 13.0 Å². The van der Waals surface area contributed by atoms with Gasteiger partial charge in [0.05, 0.1) is 18.7 Å². The zero-order chi connectivity index (χ0) is 17.5. The van der Waals surface area contributed by atoms with E-state index in [9.17, 15) is 9.59 Å². The second-order valence-corrected chi connectivity index (χ2v) is 5.19. The third-order valence-electron chi connectivity index (χ3n) is 3.49. The number of hydrogen-bond acceptors (Lipinski definition) is 4. The topological polar surface area (TPSA) is 90.7 Å². The molecule has 3 N–H and O–H groups in total. The number of para-hydroxylation sites is 1. The third kappa shape index (κ3) is 4.25. The van der Waals surface area contributed by atoms with Gasteiger partial charge in [-0.3, -0.25) is 9.59 Å². The molecule has 0 radical (unpaired) electrons. The first-order valence-corrected chi connectivity index (χ1v) is 7.47. The van der Waals surface area contributed by atoms with E-state index in [1.165, 1.54) is 13.2 Å². The number of amides is 2. The highest BCUT2D eigenvalue weighted by Crippen LogP contribution is 2.30. The van der Waals surface area contributed by atoms with Gasteiger partial charge in [0.1, 0.15) is 0 Å². The van der Waals surface area contributed by atoms with Crippen molar-refractivity contribution in [2.75, 3.05) is 13.7 Å². The van der Waals surface area contributed by atoms with E-state index < -0.39 is 5.91 Å². The van der Waals surface area contributed by atoms with Crippen LogP contribution in [0.3, 0.4) is 0 Å². The number of nitrogens with two attached hydrogens (primary N) is 1. The van der Waals surface area contributed by atoms with Gasteiger partial charge in [-0.1, -0.05) is 36.4 Å². The Morgan fingerprint density at radius 1 is 1.12 bits per heavy atom. The van der Waals surface area contributed by atoms with Crippen molar-refractivity contribution in [3.05, 3.63) is 59.7 Å². The van der Waals surface area contributed by atoms with Crippen LogP contribution in [0, 0.1) is 0 Å². The standard InChI is InChI=1S/C18H20N2O4/c1-12(13-7-4-3-5-8-13)20-16(21)11-24-17-14(18(19)22)9-6-10-15(17)23-2/h3-10,12H,11H2,1-2H3,(H2,19,22)(H,20,21). The fraction of sp³-hybridized carbons (Fsp3) is 0.222. The van der Waals surface area contributed by atoms with E-state index >= 15 is 0 Å². The number of nitrogens with one attached hydrogen (secondary N) is 1. The van der Waals surface area contributed by atoms with Crippen LogP contribution in [0.15, 0.2) is 48.5 Å². The predicted octanol–water partition coefficient (Wildman–Crippen LogP) is 2.05. The van der Waals surface area contributed by atoms with Crippen molar-refractivity contribution < 1.29 is 19.1 Å². The van der Waals surface area contributed by atoms with Crippen molar-refractivity contribution in [1.82, 2.24) is 5.32 Å². The van der Waals surface area contributed by atoms with Crippen molar-refractivity contribution >= 4 is 11.8 Å². The van der Waals surface area contributed by atoms with Gasteiger partial charge in [0.25, 0.3) is 11.8 Å². The van der Waals surface area contributed by atoms with Gasteiger partial charge in [-0.05, 0) is 24.6 Å². The van der Waals surface area contributed by atoms with E-state index in [1.807, 2.05) is 37.3 Å². The molecule has 2 aromatic carbocycles. The Kier molecular flexibility index (Phi) is 5.78.